The van der Waals surface area contributed by atoms with Gasteiger partial charge in [-0.3, -0.25) is 4.79 Å². The molecule has 0 aromatic heterocycles. The largest absolute Gasteiger partial charge is 0.394 e. The maximum atomic E-state index is 12.4. The van der Waals surface area contributed by atoms with Crippen molar-refractivity contribution in [2.24, 2.45) is 0 Å². The predicted molar refractivity (Wildman–Crippen MR) is 178 cm³/mol. The van der Waals surface area contributed by atoms with Gasteiger partial charge in [0, 0.05) is 0 Å². The molecular formula is C36H73NO5. The average Bonchev–Trinajstić information content (AvgIpc) is 2.99. The molecule has 0 saturated carbocycles. The monoisotopic (exact) mass is 600 g/mol. The van der Waals surface area contributed by atoms with Crippen molar-refractivity contribution in [2.45, 2.75) is 218 Å². The molecule has 4 unspecified atom stereocenters. The van der Waals surface area contributed by atoms with E-state index in [1.54, 1.807) is 0 Å². The predicted octanol–water partition coefficient (Wildman–Crippen LogP) is 8.51. The zero-order valence-electron chi connectivity index (χ0n) is 28.0. The Morgan fingerprint density at radius 3 is 1.14 bits per heavy atom. The highest BCUT2D eigenvalue weighted by atomic mass is 16.3. The third-order valence-corrected chi connectivity index (χ3v) is 8.82. The number of amides is 1. The summed E-state index contributed by atoms with van der Waals surface area (Å²) in [4.78, 5) is 12.4. The Bertz CT molecular complexity index is 561. The Labute approximate surface area is 260 Å². The van der Waals surface area contributed by atoms with Gasteiger partial charge in [-0.2, -0.15) is 0 Å². The van der Waals surface area contributed by atoms with Gasteiger partial charge in [0.15, 0.2) is 0 Å². The van der Waals surface area contributed by atoms with E-state index < -0.39 is 36.9 Å². The molecule has 42 heavy (non-hydrogen) atoms. The maximum Gasteiger partial charge on any atom is 0.249 e. The Morgan fingerprint density at radius 2 is 0.810 bits per heavy atom. The minimum absolute atomic E-state index is 0.375. The number of carbonyl (C=O) groups is 1. The molecule has 0 spiro atoms. The highest BCUT2D eigenvalue weighted by Crippen LogP contribution is 2.16. The van der Waals surface area contributed by atoms with Crippen molar-refractivity contribution in [3.63, 3.8) is 0 Å². The highest BCUT2D eigenvalue weighted by molar-refractivity contribution is 5.80. The van der Waals surface area contributed by atoms with E-state index in [4.69, 9.17) is 0 Å². The molecule has 0 aromatic rings. The quantitative estimate of drug-likeness (QED) is 0.0486. The zero-order valence-corrected chi connectivity index (χ0v) is 28.0. The van der Waals surface area contributed by atoms with Gasteiger partial charge in [0.05, 0.1) is 18.8 Å². The molecule has 0 aliphatic rings. The smallest absolute Gasteiger partial charge is 0.249 e. The fourth-order valence-corrected chi connectivity index (χ4v) is 5.81. The first-order valence-electron chi connectivity index (χ1n) is 18.4. The van der Waals surface area contributed by atoms with Gasteiger partial charge in [0.25, 0.3) is 0 Å². The molecule has 6 nitrogen and oxygen atoms in total. The first-order valence-corrected chi connectivity index (χ1v) is 18.4. The van der Waals surface area contributed by atoms with Gasteiger partial charge < -0.3 is 25.7 Å². The molecule has 0 rings (SSSR count). The van der Waals surface area contributed by atoms with Gasteiger partial charge >= 0.3 is 0 Å². The molecule has 0 fully saturated rings. The summed E-state index contributed by atoms with van der Waals surface area (Å²) in [6.07, 6.45) is 29.7. The molecule has 5 N–H and O–H groups in total. The second kappa shape index (κ2) is 31.7. The molecule has 0 bridgehead atoms. The van der Waals surface area contributed by atoms with Gasteiger partial charge in [-0.05, 0) is 12.8 Å². The van der Waals surface area contributed by atoms with Crippen LogP contribution in [0.15, 0.2) is 0 Å². The summed E-state index contributed by atoms with van der Waals surface area (Å²) in [6, 6.07) is -0.976. The molecule has 6 heteroatoms. The molecule has 0 aliphatic heterocycles. The lowest BCUT2D eigenvalue weighted by atomic mass is 9.99. The second-order valence-corrected chi connectivity index (χ2v) is 12.9. The summed E-state index contributed by atoms with van der Waals surface area (Å²) < 4.78 is 0. The minimum atomic E-state index is -1.25. The molecule has 0 aliphatic carbocycles. The molecule has 1 amide bonds. The van der Waals surface area contributed by atoms with Crippen molar-refractivity contribution in [3.8, 4) is 0 Å². The number of carbonyl (C=O) groups excluding carboxylic acids is 1. The van der Waals surface area contributed by atoms with Gasteiger partial charge in [0.1, 0.15) is 12.2 Å². The summed E-state index contributed by atoms with van der Waals surface area (Å²) in [7, 11) is 0. The maximum absolute atomic E-state index is 12.4. The third-order valence-electron chi connectivity index (χ3n) is 8.82. The van der Waals surface area contributed by atoms with Crippen molar-refractivity contribution < 1.29 is 25.2 Å². The van der Waals surface area contributed by atoms with Crippen LogP contribution in [-0.4, -0.2) is 57.3 Å². The normalized spacial score (nSPS) is 14.5. The van der Waals surface area contributed by atoms with Gasteiger partial charge in [-0.25, -0.2) is 0 Å². The van der Waals surface area contributed by atoms with Crippen molar-refractivity contribution in [3.05, 3.63) is 0 Å². The molecule has 0 saturated heterocycles. The van der Waals surface area contributed by atoms with E-state index in [0.29, 0.717) is 12.8 Å². The molecular weight excluding hydrogens is 526 g/mol. The van der Waals surface area contributed by atoms with E-state index in [1.165, 1.54) is 128 Å². The van der Waals surface area contributed by atoms with E-state index in [2.05, 4.69) is 19.2 Å². The first kappa shape index (κ1) is 41.3. The fourth-order valence-electron chi connectivity index (χ4n) is 5.81. The summed E-state index contributed by atoms with van der Waals surface area (Å²) in [6.45, 7) is 4.03. The number of hydrogen-bond donors (Lipinski definition) is 5. The SMILES string of the molecule is CCCCCCCCCCCCCCCCC(O)C(=O)NC(CO)C(O)C(O)CCCCCCCCCCCCCC. The van der Waals surface area contributed by atoms with E-state index in [1.807, 2.05) is 0 Å². The Kier molecular flexibility index (Phi) is 31.2. The van der Waals surface area contributed by atoms with Gasteiger partial charge in [-0.1, -0.05) is 181 Å². The summed E-state index contributed by atoms with van der Waals surface area (Å²) >= 11 is 0. The molecule has 0 heterocycles. The minimum Gasteiger partial charge on any atom is -0.394 e. The van der Waals surface area contributed by atoms with Gasteiger partial charge in [-0.15, -0.1) is 0 Å². The van der Waals surface area contributed by atoms with Crippen LogP contribution in [-0.2, 0) is 4.79 Å². The van der Waals surface area contributed by atoms with E-state index in [-0.39, 0.29) is 0 Å². The number of aliphatic hydroxyl groups is 4. The molecule has 0 aromatic carbocycles. The van der Waals surface area contributed by atoms with Crippen LogP contribution < -0.4 is 5.32 Å². The number of hydrogen-bond acceptors (Lipinski definition) is 5. The fraction of sp³-hybridized carbons (Fsp3) is 0.972. The van der Waals surface area contributed by atoms with Crippen LogP contribution in [0.1, 0.15) is 194 Å². The van der Waals surface area contributed by atoms with Crippen LogP contribution in [0.2, 0.25) is 0 Å². The van der Waals surface area contributed by atoms with Crippen molar-refractivity contribution in [1.82, 2.24) is 5.32 Å². The Hall–Kier alpha value is -0.690. The van der Waals surface area contributed by atoms with Gasteiger partial charge in [0.2, 0.25) is 5.91 Å². The highest BCUT2D eigenvalue weighted by Gasteiger charge is 2.28. The third kappa shape index (κ3) is 25.8. The first-order chi connectivity index (χ1) is 20.5. The van der Waals surface area contributed by atoms with E-state index in [0.717, 1.165) is 38.5 Å². The summed E-state index contributed by atoms with van der Waals surface area (Å²) in [5.74, 6) is -0.583. The van der Waals surface area contributed by atoms with E-state index >= 15 is 0 Å². The average molecular weight is 600 g/mol. The van der Waals surface area contributed by atoms with Crippen LogP contribution in [0.25, 0.3) is 0 Å². The molecule has 4 atom stereocenters. The topological polar surface area (TPSA) is 110 Å². The van der Waals surface area contributed by atoms with Crippen molar-refractivity contribution in [2.75, 3.05) is 6.61 Å². The van der Waals surface area contributed by atoms with Crippen LogP contribution >= 0.6 is 0 Å². The van der Waals surface area contributed by atoms with Crippen molar-refractivity contribution >= 4 is 5.91 Å². The van der Waals surface area contributed by atoms with Crippen LogP contribution in [0.5, 0.6) is 0 Å². The van der Waals surface area contributed by atoms with Crippen LogP contribution in [0.4, 0.5) is 0 Å². The number of unbranched alkanes of at least 4 members (excludes halogenated alkanes) is 24. The van der Waals surface area contributed by atoms with E-state index in [9.17, 15) is 25.2 Å². The lowest BCUT2D eigenvalue weighted by Crippen LogP contribution is -2.53. The number of nitrogens with one attached hydrogen (secondary N) is 1. The lowest BCUT2D eigenvalue weighted by Gasteiger charge is -2.27. The number of aliphatic hydroxyl groups excluding tert-OH is 4. The Balaban J connectivity index is 3.80. The second-order valence-electron chi connectivity index (χ2n) is 12.9. The lowest BCUT2D eigenvalue weighted by molar-refractivity contribution is -0.132. The van der Waals surface area contributed by atoms with Crippen LogP contribution in [0, 0.1) is 0 Å². The van der Waals surface area contributed by atoms with Crippen molar-refractivity contribution in [1.29, 1.82) is 0 Å². The molecule has 0 radical (unpaired) electrons. The van der Waals surface area contributed by atoms with Crippen LogP contribution in [0.3, 0.4) is 0 Å². The summed E-state index contributed by atoms with van der Waals surface area (Å²) in [5, 5.41) is 43.4. The summed E-state index contributed by atoms with van der Waals surface area (Å²) in [5.41, 5.74) is 0. The number of rotatable bonds is 33. The molecule has 252 valence electrons. The zero-order chi connectivity index (χ0) is 31.1. The standard InChI is InChI=1S/C36H73NO5/c1-3-5-7-9-11-13-15-17-18-20-22-24-26-28-30-34(40)36(42)37-32(31-38)35(41)33(39)29-27-25-23-21-19-16-14-12-10-8-6-4-2/h32-35,38-41H,3-31H2,1-2H3,(H,37,42). The Morgan fingerprint density at radius 1 is 0.500 bits per heavy atom.